The molecule has 2 aromatic carbocycles. The highest BCUT2D eigenvalue weighted by Gasteiger charge is 2.25. The van der Waals surface area contributed by atoms with Crippen molar-refractivity contribution in [2.24, 2.45) is 0 Å². The molecule has 1 aliphatic heterocycles. The molecule has 142 valence electrons. The van der Waals surface area contributed by atoms with Crippen LogP contribution in [0.5, 0.6) is 11.5 Å². The van der Waals surface area contributed by atoms with Gasteiger partial charge in [-0.25, -0.2) is 0 Å². The number of nitrogens with zero attached hydrogens (tertiary/aromatic N) is 1. The van der Waals surface area contributed by atoms with E-state index in [-0.39, 0.29) is 18.4 Å². The number of hydrogen-bond acceptors (Lipinski definition) is 4. The summed E-state index contributed by atoms with van der Waals surface area (Å²) in [5.74, 6) is 1.22. The van der Waals surface area contributed by atoms with Crippen molar-refractivity contribution in [1.29, 1.82) is 0 Å². The Morgan fingerprint density at radius 1 is 1.26 bits per heavy atom. The van der Waals surface area contributed by atoms with E-state index in [0.29, 0.717) is 36.7 Å². The Labute approximate surface area is 159 Å². The highest BCUT2D eigenvalue weighted by Crippen LogP contribution is 2.34. The third kappa shape index (κ3) is 4.78. The van der Waals surface area contributed by atoms with E-state index >= 15 is 0 Å². The quantitative estimate of drug-likeness (QED) is 0.812. The Balaban J connectivity index is 1.66. The third-order valence-electron chi connectivity index (χ3n) is 4.24. The Bertz CT molecular complexity index is 835. The molecule has 0 spiro atoms. The molecule has 0 saturated heterocycles. The van der Waals surface area contributed by atoms with Crippen LogP contribution in [0.3, 0.4) is 0 Å². The van der Waals surface area contributed by atoms with Crippen molar-refractivity contribution < 1.29 is 19.1 Å². The molecule has 6 nitrogen and oxygen atoms in total. The minimum Gasteiger partial charge on any atom is -0.492 e. The predicted octanol–water partition coefficient (Wildman–Crippen LogP) is 3.54. The van der Waals surface area contributed by atoms with Gasteiger partial charge in [-0.2, -0.15) is 0 Å². The molecular weight excluding hydrogens is 344 g/mol. The SMILES string of the molecule is CCCC(=O)Nc1ccc2c(c1)OCC(=O)N2CCOc1cccc(C)c1. The van der Waals surface area contributed by atoms with Gasteiger partial charge in [-0.1, -0.05) is 19.1 Å². The molecule has 0 atom stereocenters. The van der Waals surface area contributed by atoms with E-state index in [2.05, 4.69) is 5.32 Å². The lowest BCUT2D eigenvalue weighted by Crippen LogP contribution is -2.41. The summed E-state index contributed by atoms with van der Waals surface area (Å²) in [5.41, 5.74) is 2.48. The average molecular weight is 368 g/mol. The summed E-state index contributed by atoms with van der Waals surface area (Å²) in [5, 5.41) is 2.84. The van der Waals surface area contributed by atoms with Crippen LogP contribution < -0.4 is 19.7 Å². The summed E-state index contributed by atoms with van der Waals surface area (Å²) >= 11 is 0. The van der Waals surface area contributed by atoms with Gasteiger partial charge in [-0.15, -0.1) is 0 Å². The summed E-state index contributed by atoms with van der Waals surface area (Å²) in [6.45, 7) is 4.74. The van der Waals surface area contributed by atoms with Crippen LogP contribution >= 0.6 is 0 Å². The molecule has 2 aromatic rings. The zero-order valence-electron chi connectivity index (χ0n) is 15.7. The Morgan fingerprint density at radius 2 is 2.11 bits per heavy atom. The van der Waals surface area contributed by atoms with Gasteiger partial charge in [0, 0.05) is 18.2 Å². The van der Waals surface area contributed by atoms with E-state index in [1.807, 2.05) is 38.1 Å². The molecule has 1 N–H and O–H groups in total. The van der Waals surface area contributed by atoms with E-state index < -0.39 is 0 Å². The number of rotatable bonds is 7. The molecule has 0 fully saturated rings. The average Bonchev–Trinajstić information content (AvgIpc) is 2.64. The first-order chi connectivity index (χ1) is 13.1. The number of ether oxygens (including phenoxy) is 2. The fourth-order valence-corrected chi connectivity index (χ4v) is 2.94. The molecule has 27 heavy (non-hydrogen) atoms. The fraction of sp³-hybridized carbons (Fsp3) is 0.333. The molecule has 1 heterocycles. The van der Waals surface area contributed by atoms with Crippen LogP contribution in [-0.4, -0.2) is 31.6 Å². The number of amides is 2. The second-order valence-electron chi connectivity index (χ2n) is 6.48. The number of nitrogens with one attached hydrogen (secondary N) is 1. The Hall–Kier alpha value is -3.02. The van der Waals surface area contributed by atoms with Crippen LogP contribution in [-0.2, 0) is 9.59 Å². The second-order valence-corrected chi connectivity index (χ2v) is 6.48. The van der Waals surface area contributed by atoms with Crippen LogP contribution in [0, 0.1) is 6.92 Å². The highest BCUT2D eigenvalue weighted by molar-refractivity contribution is 5.99. The molecule has 0 saturated carbocycles. The lowest BCUT2D eigenvalue weighted by molar-refractivity contribution is -0.121. The van der Waals surface area contributed by atoms with Gasteiger partial charge in [0.25, 0.3) is 5.91 Å². The molecule has 6 heteroatoms. The number of carbonyl (C=O) groups is 2. The molecule has 2 amide bonds. The maximum Gasteiger partial charge on any atom is 0.265 e. The van der Waals surface area contributed by atoms with Crippen LogP contribution in [0.1, 0.15) is 25.3 Å². The summed E-state index contributed by atoms with van der Waals surface area (Å²) in [6, 6.07) is 13.1. The summed E-state index contributed by atoms with van der Waals surface area (Å²) in [7, 11) is 0. The number of benzene rings is 2. The van der Waals surface area contributed by atoms with Crippen molar-refractivity contribution in [1.82, 2.24) is 0 Å². The van der Waals surface area contributed by atoms with Crippen molar-refractivity contribution in [2.75, 3.05) is 30.0 Å². The van der Waals surface area contributed by atoms with Crippen molar-refractivity contribution >= 4 is 23.2 Å². The van der Waals surface area contributed by atoms with E-state index in [0.717, 1.165) is 17.7 Å². The van der Waals surface area contributed by atoms with E-state index in [1.54, 1.807) is 23.1 Å². The number of anilines is 2. The largest absolute Gasteiger partial charge is 0.492 e. The van der Waals surface area contributed by atoms with E-state index in [4.69, 9.17) is 9.47 Å². The number of hydrogen-bond donors (Lipinski definition) is 1. The first kappa shape index (κ1) is 18.8. The maximum absolute atomic E-state index is 12.3. The fourth-order valence-electron chi connectivity index (χ4n) is 2.94. The van der Waals surface area contributed by atoms with Gasteiger partial charge in [0.1, 0.15) is 18.1 Å². The van der Waals surface area contributed by atoms with Gasteiger partial charge in [-0.05, 0) is 43.2 Å². The summed E-state index contributed by atoms with van der Waals surface area (Å²) in [4.78, 5) is 25.7. The van der Waals surface area contributed by atoms with Crippen LogP contribution in [0.25, 0.3) is 0 Å². The topological polar surface area (TPSA) is 67.9 Å². The molecule has 0 aliphatic carbocycles. The lowest BCUT2D eigenvalue weighted by atomic mass is 10.2. The highest BCUT2D eigenvalue weighted by atomic mass is 16.5. The summed E-state index contributed by atoms with van der Waals surface area (Å²) < 4.78 is 11.3. The van der Waals surface area contributed by atoms with Crippen LogP contribution in [0.2, 0.25) is 0 Å². The molecule has 3 rings (SSSR count). The first-order valence-electron chi connectivity index (χ1n) is 9.13. The van der Waals surface area contributed by atoms with Crippen molar-refractivity contribution in [2.45, 2.75) is 26.7 Å². The normalized spacial score (nSPS) is 13.0. The van der Waals surface area contributed by atoms with Crippen molar-refractivity contribution in [3.63, 3.8) is 0 Å². The minimum absolute atomic E-state index is 0.0240. The smallest absolute Gasteiger partial charge is 0.265 e. The molecule has 1 aliphatic rings. The van der Waals surface area contributed by atoms with E-state index in [9.17, 15) is 9.59 Å². The minimum atomic E-state index is -0.113. The number of carbonyl (C=O) groups excluding carboxylic acids is 2. The van der Waals surface area contributed by atoms with Crippen LogP contribution in [0.4, 0.5) is 11.4 Å². The zero-order valence-corrected chi connectivity index (χ0v) is 15.7. The molecule has 0 aromatic heterocycles. The molecule has 0 bridgehead atoms. The standard InChI is InChI=1S/C21H24N2O4/c1-3-5-20(24)22-16-8-9-18-19(13-16)27-14-21(25)23(18)10-11-26-17-7-4-6-15(2)12-17/h4,6-9,12-13H,3,5,10-11,14H2,1-2H3,(H,22,24). The first-order valence-corrected chi connectivity index (χ1v) is 9.13. The van der Waals surface area contributed by atoms with Gasteiger partial charge in [0.05, 0.1) is 12.2 Å². The van der Waals surface area contributed by atoms with Gasteiger partial charge in [0.2, 0.25) is 5.91 Å². The number of aryl methyl sites for hydroxylation is 1. The Morgan fingerprint density at radius 3 is 2.89 bits per heavy atom. The monoisotopic (exact) mass is 368 g/mol. The van der Waals surface area contributed by atoms with Crippen molar-refractivity contribution in [3.8, 4) is 11.5 Å². The number of fused-ring (bicyclic) bond motifs is 1. The van der Waals surface area contributed by atoms with Gasteiger partial charge in [-0.3, -0.25) is 9.59 Å². The Kier molecular flexibility index (Phi) is 5.96. The molecule has 0 radical (unpaired) electrons. The van der Waals surface area contributed by atoms with Gasteiger partial charge < -0.3 is 19.7 Å². The van der Waals surface area contributed by atoms with Crippen molar-refractivity contribution in [3.05, 3.63) is 48.0 Å². The maximum atomic E-state index is 12.3. The molecule has 0 unspecified atom stereocenters. The summed E-state index contributed by atoms with van der Waals surface area (Å²) in [6.07, 6.45) is 1.26. The zero-order chi connectivity index (χ0) is 19.2. The lowest BCUT2D eigenvalue weighted by Gasteiger charge is -2.29. The van der Waals surface area contributed by atoms with Gasteiger partial charge >= 0.3 is 0 Å². The predicted molar refractivity (Wildman–Crippen MR) is 105 cm³/mol. The second kappa shape index (κ2) is 8.58. The van der Waals surface area contributed by atoms with Crippen LogP contribution in [0.15, 0.2) is 42.5 Å². The van der Waals surface area contributed by atoms with Gasteiger partial charge in [0.15, 0.2) is 6.61 Å². The van der Waals surface area contributed by atoms with E-state index in [1.165, 1.54) is 0 Å². The molecular formula is C21H24N2O4. The third-order valence-corrected chi connectivity index (χ3v) is 4.24.